The third kappa shape index (κ3) is 5.70. The van der Waals surface area contributed by atoms with Gasteiger partial charge in [0.1, 0.15) is 11.6 Å². The van der Waals surface area contributed by atoms with Crippen molar-refractivity contribution in [3.63, 3.8) is 0 Å². The number of likely N-dealkylation sites (tertiary alicyclic amines) is 1. The summed E-state index contributed by atoms with van der Waals surface area (Å²) in [5, 5.41) is 6.36. The number of unbranched alkanes of at least 4 members (excludes halogenated alkanes) is 1. The Morgan fingerprint density at radius 2 is 1.93 bits per heavy atom. The van der Waals surface area contributed by atoms with Gasteiger partial charge < -0.3 is 25.2 Å². The summed E-state index contributed by atoms with van der Waals surface area (Å²) in [6, 6.07) is 6.92. The van der Waals surface area contributed by atoms with E-state index < -0.39 is 29.6 Å². The van der Waals surface area contributed by atoms with Gasteiger partial charge in [0.2, 0.25) is 17.7 Å². The molecule has 2 saturated heterocycles. The number of carbonyl (C=O) groups excluding carboxylic acids is 3. The van der Waals surface area contributed by atoms with Crippen molar-refractivity contribution < 1.29 is 19.1 Å². The summed E-state index contributed by atoms with van der Waals surface area (Å²) >= 11 is 0. The van der Waals surface area contributed by atoms with Crippen molar-refractivity contribution in [3.8, 4) is 0 Å². The van der Waals surface area contributed by atoms with Gasteiger partial charge in [0.25, 0.3) is 0 Å². The van der Waals surface area contributed by atoms with Crippen LogP contribution in [-0.2, 0) is 19.1 Å². The van der Waals surface area contributed by atoms with E-state index in [9.17, 15) is 14.4 Å². The van der Waals surface area contributed by atoms with Gasteiger partial charge in [0, 0.05) is 18.3 Å². The number of aryl methyl sites for hydroxylation is 1. The Kier molecular flexibility index (Phi) is 8.90. The molecule has 1 aromatic carbocycles. The first-order valence-corrected chi connectivity index (χ1v) is 15.7. The molecule has 2 bridgehead atoms. The number of carbonyl (C=O) groups is 3. The number of benzene rings is 1. The monoisotopic (exact) mass is 564 g/mol. The lowest BCUT2D eigenvalue weighted by molar-refractivity contribution is -0.141. The summed E-state index contributed by atoms with van der Waals surface area (Å²) in [7, 11) is 2.10. The molecule has 1 spiro atoms. The lowest BCUT2D eigenvalue weighted by atomic mass is 9.73. The minimum atomic E-state index is -1.13. The van der Waals surface area contributed by atoms with Crippen LogP contribution in [0.15, 0.2) is 36.4 Å². The highest BCUT2D eigenvalue weighted by atomic mass is 16.5. The number of hydrogen-bond donors (Lipinski definition) is 2. The molecule has 0 aromatic heterocycles. The molecule has 224 valence electrons. The first kappa shape index (κ1) is 29.8. The van der Waals surface area contributed by atoms with Gasteiger partial charge in [-0.05, 0) is 75.9 Å². The number of fused-ring (bicyclic) bond motifs is 1. The zero-order valence-electron chi connectivity index (χ0n) is 25.4. The topological polar surface area (TPSA) is 91.0 Å². The molecule has 1 saturated carbocycles. The summed E-state index contributed by atoms with van der Waals surface area (Å²) < 4.78 is 6.53. The highest BCUT2D eigenvalue weighted by Gasteiger charge is 2.72. The van der Waals surface area contributed by atoms with Crippen LogP contribution in [0.3, 0.4) is 0 Å². The van der Waals surface area contributed by atoms with Crippen LogP contribution in [0.4, 0.5) is 5.69 Å². The Labute approximate surface area is 245 Å². The number of nitrogens with one attached hydrogen (secondary N) is 2. The quantitative estimate of drug-likeness (QED) is 0.394. The molecular weight excluding hydrogens is 516 g/mol. The van der Waals surface area contributed by atoms with E-state index in [-0.39, 0.29) is 23.8 Å². The number of anilines is 1. The van der Waals surface area contributed by atoms with Crippen molar-refractivity contribution in [1.82, 2.24) is 15.1 Å². The minimum absolute atomic E-state index is 0.0711. The fraction of sp³-hybridized carbons (Fsp3) is 0.667. The molecule has 1 aliphatic carbocycles. The second-order valence-electron chi connectivity index (χ2n) is 13.0. The van der Waals surface area contributed by atoms with Gasteiger partial charge in [-0.15, -0.1) is 0 Å². The van der Waals surface area contributed by atoms with E-state index in [1.807, 2.05) is 43.3 Å². The van der Waals surface area contributed by atoms with E-state index in [4.69, 9.17) is 4.74 Å². The van der Waals surface area contributed by atoms with E-state index in [0.717, 1.165) is 50.8 Å². The van der Waals surface area contributed by atoms with E-state index in [1.54, 1.807) is 4.90 Å². The minimum Gasteiger partial charge on any atom is -0.359 e. The lowest BCUT2D eigenvalue weighted by Gasteiger charge is -2.38. The van der Waals surface area contributed by atoms with Crippen molar-refractivity contribution in [2.75, 3.05) is 32.0 Å². The summed E-state index contributed by atoms with van der Waals surface area (Å²) in [5.74, 6) is -1.05. The molecular formula is C33H48N4O4. The van der Waals surface area contributed by atoms with E-state index in [1.165, 1.54) is 6.42 Å². The fourth-order valence-electron chi connectivity index (χ4n) is 7.55. The summed E-state index contributed by atoms with van der Waals surface area (Å²) in [6.45, 7) is 10.9. The van der Waals surface area contributed by atoms with Gasteiger partial charge in [0.05, 0.1) is 17.9 Å². The van der Waals surface area contributed by atoms with Gasteiger partial charge in [-0.3, -0.25) is 14.4 Å². The van der Waals surface area contributed by atoms with Crippen LogP contribution in [0.2, 0.25) is 0 Å². The van der Waals surface area contributed by atoms with Crippen LogP contribution in [0.5, 0.6) is 0 Å². The van der Waals surface area contributed by atoms with Gasteiger partial charge in [-0.2, -0.15) is 0 Å². The first-order valence-electron chi connectivity index (χ1n) is 15.7. The predicted molar refractivity (Wildman–Crippen MR) is 160 cm³/mol. The number of nitrogens with zero attached hydrogens (tertiary/aromatic N) is 2. The second-order valence-corrected chi connectivity index (χ2v) is 13.0. The Balaban J connectivity index is 1.39. The van der Waals surface area contributed by atoms with Crippen LogP contribution in [-0.4, -0.2) is 78.0 Å². The zero-order chi connectivity index (χ0) is 29.3. The Bertz CT molecular complexity index is 1170. The Morgan fingerprint density at radius 1 is 1.15 bits per heavy atom. The zero-order valence-corrected chi connectivity index (χ0v) is 25.4. The average Bonchev–Trinajstić information content (AvgIpc) is 3.57. The summed E-state index contributed by atoms with van der Waals surface area (Å²) in [5.41, 5.74) is 0.610. The normalized spacial score (nSPS) is 33.9. The smallest absolute Gasteiger partial charge is 0.246 e. The highest BCUT2D eigenvalue weighted by Crippen LogP contribution is 2.55. The average molecular weight is 565 g/mol. The van der Waals surface area contributed by atoms with Crippen molar-refractivity contribution in [2.45, 2.75) is 90.0 Å². The van der Waals surface area contributed by atoms with Crippen LogP contribution in [0, 0.1) is 30.6 Å². The Hall–Kier alpha value is -2.71. The molecule has 3 amide bonds. The molecule has 3 aliphatic heterocycles. The third-order valence-corrected chi connectivity index (χ3v) is 10.1. The molecule has 8 atom stereocenters. The van der Waals surface area contributed by atoms with Crippen LogP contribution in [0.1, 0.15) is 64.9 Å². The lowest BCUT2D eigenvalue weighted by Crippen LogP contribution is -2.58. The van der Waals surface area contributed by atoms with Crippen LogP contribution >= 0.6 is 0 Å². The molecule has 4 aliphatic rings. The van der Waals surface area contributed by atoms with Crippen LogP contribution < -0.4 is 10.6 Å². The highest BCUT2D eigenvalue weighted by molar-refractivity contribution is 6.02. The maximum Gasteiger partial charge on any atom is 0.246 e. The molecule has 5 rings (SSSR count). The molecule has 3 fully saturated rings. The van der Waals surface area contributed by atoms with E-state index in [0.29, 0.717) is 24.1 Å². The SMILES string of the molecule is CCCCN(C)CCCN1C(=O)[C@@H]2C(C(=O)Nc3cccc(C)c3)[C@@H]3C=CC2(O3)C1C(=O)NC1CCCC(C)C1C. The molecule has 0 radical (unpaired) electrons. The Morgan fingerprint density at radius 3 is 2.68 bits per heavy atom. The third-order valence-electron chi connectivity index (χ3n) is 10.1. The van der Waals surface area contributed by atoms with Crippen molar-refractivity contribution >= 4 is 23.4 Å². The molecule has 6 unspecified atom stereocenters. The maximum atomic E-state index is 14.2. The number of hydrogen-bond acceptors (Lipinski definition) is 5. The van der Waals surface area contributed by atoms with Gasteiger partial charge in [-0.25, -0.2) is 0 Å². The van der Waals surface area contributed by atoms with Crippen LogP contribution in [0.25, 0.3) is 0 Å². The summed E-state index contributed by atoms with van der Waals surface area (Å²) in [4.78, 5) is 46.1. The second kappa shape index (κ2) is 12.3. The van der Waals surface area contributed by atoms with E-state index >= 15 is 0 Å². The molecule has 41 heavy (non-hydrogen) atoms. The molecule has 8 heteroatoms. The van der Waals surface area contributed by atoms with Gasteiger partial charge in [-0.1, -0.05) is 64.3 Å². The molecule has 3 heterocycles. The molecule has 8 nitrogen and oxygen atoms in total. The predicted octanol–water partition coefficient (Wildman–Crippen LogP) is 4.15. The number of amides is 3. The maximum absolute atomic E-state index is 14.2. The molecule has 1 aromatic rings. The number of ether oxygens (including phenoxy) is 1. The largest absolute Gasteiger partial charge is 0.359 e. The standard InChI is InChI=1S/C33H48N4O4/c1-6-7-17-36(5)18-10-19-37-29(31(39)35-25-14-9-12-22(3)23(25)4)33-16-15-26(41-33)27(28(33)32(37)40)30(38)34-24-13-8-11-21(2)20-24/h8,11,13,15-16,20,22-23,25-29H,6-7,9-10,12,14,17-19H2,1-5H3,(H,34,38)(H,35,39)/t22?,23?,25?,26-,27?,28-,29?,33?/m0/s1. The first-order chi connectivity index (χ1) is 19.7. The van der Waals surface area contributed by atoms with Gasteiger partial charge >= 0.3 is 0 Å². The van der Waals surface area contributed by atoms with Crippen molar-refractivity contribution in [1.29, 1.82) is 0 Å². The fourth-order valence-corrected chi connectivity index (χ4v) is 7.55. The number of rotatable bonds is 11. The van der Waals surface area contributed by atoms with E-state index in [2.05, 4.69) is 43.4 Å². The van der Waals surface area contributed by atoms with Crippen molar-refractivity contribution in [3.05, 3.63) is 42.0 Å². The molecule has 2 N–H and O–H groups in total. The van der Waals surface area contributed by atoms with Crippen molar-refractivity contribution in [2.24, 2.45) is 23.7 Å². The van der Waals surface area contributed by atoms with Gasteiger partial charge in [0.15, 0.2) is 0 Å². The summed E-state index contributed by atoms with van der Waals surface area (Å²) in [6.07, 6.45) is 9.48.